The fraction of sp³-hybridized carbons (Fsp3) is 0.250. The van der Waals surface area contributed by atoms with Gasteiger partial charge in [0.25, 0.3) is 5.69 Å². The molecule has 0 spiro atoms. The van der Waals surface area contributed by atoms with Gasteiger partial charge in [-0.05, 0) is 17.2 Å². The molecule has 0 saturated heterocycles. The molecule has 3 rings (SSSR count). The third kappa shape index (κ3) is 8.56. The van der Waals surface area contributed by atoms with Gasteiger partial charge in [0.05, 0.1) is 19.1 Å². The van der Waals surface area contributed by atoms with Gasteiger partial charge in [0.15, 0.2) is 0 Å². The zero-order chi connectivity index (χ0) is 28.2. The van der Waals surface area contributed by atoms with Gasteiger partial charge in [-0.2, -0.15) is 0 Å². The minimum absolute atomic E-state index is 0.00369. The molecule has 0 radical (unpaired) electrons. The zero-order valence-electron chi connectivity index (χ0n) is 21.5. The molecule has 204 valence electrons. The standard InChI is InChI=1S/C28H29N3O8/c1-37-25-14-13-22(31(35)36)16-21(25)17-24(27(33)38-2)29-26(32)23(15-19-9-5-3-6-10-19)30-28(34)39-18-20-11-7-4-8-12-20/h3-14,16,23-24H,15,17-18H2,1-2H3,(H,29,32)(H,30,34)/t23-,24+/m0/s1. The third-order valence-corrected chi connectivity index (χ3v) is 5.81. The summed E-state index contributed by atoms with van der Waals surface area (Å²) in [7, 11) is 2.55. The van der Waals surface area contributed by atoms with Crippen molar-refractivity contribution >= 4 is 23.7 Å². The number of nitro benzene ring substituents is 1. The molecule has 0 aliphatic carbocycles. The molecule has 0 saturated carbocycles. The second kappa shape index (κ2) is 14.1. The summed E-state index contributed by atoms with van der Waals surface area (Å²) in [4.78, 5) is 49.3. The first-order chi connectivity index (χ1) is 18.8. The van der Waals surface area contributed by atoms with E-state index in [4.69, 9.17) is 14.2 Å². The van der Waals surface area contributed by atoms with Crippen LogP contribution in [0.5, 0.6) is 5.75 Å². The molecule has 0 aromatic heterocycles. The van der Waals surface area contributed by atoms with Crippen molar-refractivity contribution in [1.29, 1.82) is 0 Å². The Morgan fingerprint density at radius 3 is 2.08 bits per heavy atom. The summed E-state index contributed by atoms with van der Waals surface area (Å²) in [6.07, 6.45) is -0.856. The number of nitrogens with zero attached hydrogens (tertiary/aromatic N) is 1. The van der Waals surface area contributed by atoms with Gasteiger partial charge < -0.3 is 24.8 Å². The van der Waals surface area contributed by atoms with Crippen molar-refractivity contribution in [2.75, 3.05) is 14.2 Å². The molecule has 0 bridgehead atoms. The molecule has 39 heavy (non-hydrogen) atoms. The normalized spacial score (nSPS) is 11.9. The van der Waals surface area contributed by atoms with E-state index >= 15 is 0 Å². The number of hydrogen-bond donors (Lipinski definition) is 2. The Kier molecular flexibility index (Phi) is 10.4. The maximum Gasteiger partial charge on any atom is 0.408 e. The zero-order valence-corrected chi connectivity index (χ0v) is 21.5. The van der Waals surface area contributed by atoms with E-state index in [1.807, 2.05) is 24.3 Å². The van der Waals surface area contributed by atoms with Crippen LogP contribution in [0.1, 0.15) is 16.7 Å². The van der Waals surface area contributed by atoms with E-state index in [-0.39, 0.29) is 25.1 Å². The third-order valence-electron chi connectivity index (χ3n) is 5.81. The topological polar surface area (TPSA) is 146 Å². The van der Waals surface area contributed by atoms with E-state index in [0.29, 0.717) is 11.3 Å². The quantitative estimate of drug-likeness (QED) is 0.204. The lowest BCUT2D eigenvalue weighted by Gasteiger charge is -2.23. The molecule has 2 amide bonds. The van der Waals surface area contributed by atoms with Gasteiger partial charge in [-0.3, -0.25) is 14.9 Å². The molecule has 2 N–H and O–H groups in total. The fourth-order valence-corrected chi connectivity index (χ4v) is 3.83. The summed E-state index contributed by atoms with van der Waals surface area (Å²) in [6.45, 7) is 0.00369. The predicted molar refractivity (Wildman–Crippen MR) is 141 cm³/mol. The van der Waals surface area contributed by atoms with E-state index in [0.717, 1.165) is 18.2 Å². The summed E-state index contributed by atoms with van der Waals surface area (Å²) < 4.78 is 15.4. The van der Waals surface area contributed by atoms with Crippen LogP contribution in [-0.4, -0.2) is 49.2 Å². The average Bonchev–Trinajstić information content (AvgIpc) is 2.95. The van der Waals surface area contributed by atoms with Crippen molar-refractivity contribution < 1.29 is 33.5 Å². The largest absolute Gasteiger partial charge is 0.496 e. The van der Waals surface area contributed by atoms with Crippen LogP contribution in [0.3, 0.4) is 0 Å². The highest BCUT2D eigenvalue weighted by Gasteiger charge is 2.29. The average molecular weight is 536 g/mol. The number of nitro groups is 1. The van der Waals surface area contributed by atoms with Crippen molar-refractivity contribution in [3.63, 3.8) is 0 Å². The van der Waals surface area contributed by atoms with Crippen LogP contribution in [0.25, 0.3) is 0 Å². The van der Waals surface area contributed by atoms with Gasteiger partial charge >= 0.3 is 12.1 Å². The minimum Gasteiger partial charge on any atom is -0.496 e. The maximum atomic E-state index is 13.4. The number of hydrogen-bond acceptors (Lipinski definition) is 8. The van der Waals surface area contributed by atoms with E-state index in [9.17, 15) is 24.5 Å². The first-order valence-corrected chi connectivity index (χ1v) is 12.0. The highest BCUT2D eigenvalue weighted by molar-refractivity contribution is 5.90. The summed E-state index contributed by atoms with van der Waals surface area (Å²) in [5, 5.41) is 16.4. The Morgan fingerprint density at radius 1 is 0.846 bits per heavy atom. The number of non-ortho nitro benzene ring substituents is 1. The molecule has 0 unspecified atom stereocenters. The Morgan fingerprint density at radius 2 is 1.49 bits per heavy atom. The Bertz CT molecular complexity index is 1280. The summed E-state index contributed by atoms with van der Waals surface area (Å²) >= 11 is 0. The van der Waals surface area contributed by atoms with Crippen LogP contribution < -0.4 is 15.4 Å². The van der Waals surface area contributed by atoms with Gasteiger partial charge in [-0.1, -0.05) is 60.7 Å². The van der Waals surface area contributed by atoms with Crippen LogP contribution in [0.4, 0.5) is 10.5 Å². The molecule has 2 atom stereocenters. The smallest absolute Gasteiger partial charge is 0.408 e. The molecule has 0 aliphatic rings. The second-order valence-corrected chi connectivity index (χ2v) is 8.49. The number of methoxy groups -OCH3 is 2. The number of rotatable bonds is 12. The van der Waals surface area contributed by atoms with Crippen molar-refractivity contribution in [3.05, 3.63) is 106 Å². The molecular formula is C28H29N3O8. The number of carbonyl (C=O) groups excluding carboxylic acids is 3. The molecular weight excluding hydrogens is 506 g/mol. The molecule has 0 fully saturated rings. The Labute approximate surface area is 225 Å². The van der Waals surface area contributed by atoms with Gasteiger partial charge in [-0.25, -0.2) is 9.59 Å². The molecule has 3 aromatic carbocycles. The molecule has 11 heteroatoms. The summed E-state index contributed by atoms with van der Waals surface area (Å²) in [5.41, 5.74) is 1.65. The summed E-state index contributed by atoms with van der Waals surface area (Å²) in [6, 6.07) is 19.7. The van der Waals surface area contributed by atoms with Gasteiger partial charge in [0.1, 0.15) is 24.4 Å². The first-order valence-electron chi connectivity index (χ1n) is 12.0. The van der Waals surface area contributed by atoms with Crippen molar-refractivity contribution in [3.8, 4) is 5.75 Å². The number of esters is 1. The van der Waals surface area contributed by atoms with Gasteiger partial charge in [-0.15, -0.1) is 0 Å². The van der Waals surface area contributed by atoms with Gasteiger partial charge in [0, 0.05) is 30.5 Å². The minimum atomic E-state index is -1.22. The molecule has 3 aromatic rings. The lowest BCUT2D eigenvalue weighted by atomic mass is 10.0. The van der Waals surface area contributed by atoms with E-state index < -0.39 is 35.0 Å². The monoisotopic (exact) mass is 535 g/mol. The van der Waals surface area contributed by atoms with E-state index in [1.165, 1.54) is 25.3 Å². The number of alkyl carbamates (subject to hydrolysis) is 1. The highest BCUT2D eigenvalue weighted by Crippen LogP contribution is 2.25. The first kappa shape index (κ1) is 28.6. The Hall–Kier alpha value is -4.93. The van der Waals surface area contributed by atoms with Crippen LogP contribution in [0.2, 0.25) is 0 Å². The Balaban J connectivity index is 1.79. The SMILES string of the molecule is COC(=O)[C@@H](Cc1cc([N+](=O)[O-])ccc1OC)NC(=O)[C@H](Cc1ccccc1)NC(=O)OCc1ccccc1. The predicted octanol–water partition coefficient (Wildman–Crippen LogP) is 3.34. The van der Waals surface area contributed by atoms with Gasteiger partial charge in [0.2, 0.25) is 5.91 Å². The number of amides is 2. The van der Waals surface area contributed by atoms with Crippen molar-refractivity contribution in [2.24, 2.45) is 0 Å². The second-order valence-electron chi connectivity index (χ2n) is 8.49. The van der Waals surface area contributed by atoms with Crippen molar-refractivity contribution in [2.45, 2.75) is 31.5 Å². The number of ether oxygens (including phenoxy) is 3. The molecule has 0 heterocycles. The lowest BCUT2D eigenvalue weighted by molar-refractivity contribution is -0.384. The van der Waals surface area contributed by atoms with E-state index in [1.54, 1.807) is 36.4 Å². The molecule has 11 nitrogen and oxygen atoms in total. The number of benzene rings is 3. The van der Waals surface area contributed by atoms with E-state index in [2.05, 4.69) is 10.6 Å². The van der Waals surface area contributed by atoms with Crippen LogP contribution in [-0.2, 0) is 38.5 Å². The lowest BCUT2D eigenvalue weighted by Crippen LogP contribution is -2.53. The fourth-order valence-electron chi connectivity index (χ4n) is 3.83. The van der Waals surface area contributed by atoms with Crippen LogP contribution in [0, 0.1) is 10.1 Å². The van der Waals surface area contributed by atoms with Crippen LogP contribution >= 0.6 is 0 Å². The maximum absolute atomic E-state index is 13.4. The number of carbonyl (C=O) groups is 3. The highest BCUT2D eigenvalue weighted by atomic mass is 16.6. The van der Waals surface area contributed by atoms with Crippen LogP contribution in [0.15, 0.2) is 78.9 Å². The van der Waals surface area contributed by atoms with Crippen molar-refractivity contribution in [1.82, 2.24) is 10.6 Å². The number of nitrogens with one attached hydrogen (secondary N) is 2. The summed E-state index contributed by atoms with van der Waals surface area (Å²) in [5.74, 6) is -1.15. The molecule has 0 aliphatic heterocycles.